The van der Waals surface area contributed by atoms with Crippen LogP contribution in [0.1, 0.15) is 50.2 Å². The van der Waals surface area contributed by atoms with Crippen molar-refractivity contribution in [3.63, 3.8) is 0 Å². The van der Waals surface area contributed by atoms with Crippen LogP contribution in [0.3, 0.4) is 0 Å². The first-order valence-corrected chi connectivity index (χ1v) is 9.47. The van der Waals surface area contributed by atoms with Crippen molar-refractivity contribution in [1.82, 2.24) is 15.1 Å². The zero-order valence-corrected chi connectivity index (χ0v) is 15.6. The van der Waals surface area contributed by atoms with Crippen molar-refractivity contribution < 1.29 is 14.4 Å². The highest BCUT2D eigenvalue weighted by molar-refractivity contribution is 6.09. The highest BCUT2D eigenvalue weighted by atomic mass is 16.2. The van der Waals surface area contributed by atoms with Gasteiger partial charge in [0.15, 0.2) is 0 Å². The third-order valence-corrected chi connectivity index (χ3v) is 5.50. The number of hydrogen-bond acceptors (Lipinski definition) is 3. The molecule has 26 heavy (non-hydrogen) atoms. The Kier molecular flexibility index (Phi) is 5.30. The smallest absolute Gasteiger partial charge is 0.325 e. The predicted octanol–water partition coefficient (Wildman–Crippen LogP) is 2.55. The van der Waals surface area contributed by atoms with Gasteiger partial charge >= 0.3 is 6.03 Å². The summed E-state index contributed by atoms with van der Waals surface area (Å²) < 4.78 is 0. The second-order valence-electron chi connectivity index (χ2n) is 7.24. The lowest BCUT2D eigenvalue weighted by Gasteiger charge is -2.26. The van der Waals surface area contributed by atoms with Gasteiger partial charge in [-0.2, -0.15) is 0 Å². The van der Waals surface area contributed by atoms with E-state index in [-0.39, 0.29) is 18.4 Å². The Balaban J connectivity index is 1.79. The van der Waals surface area contributed by atoms with Crippen LogP contribution in [0.25, 0.3) is 0 Å². The first-order chi connectivity index (χ1) is 12.5. The molecule has 140 valence electrons. The fraction of sp³-hybridized carbons (Fsp3) is 0.550. The number of imide groups is 1. The van der Waals surface area contributed by atoms with E-state index in [1.54, 1.807) is 4.90 Å². The maximum atomic E-state index is 13.1. The van der Waals surface area contributed by atoms with Gasteiger partial charge in [-0.25, -0.2) is 4.79 Å². The van der Waals surface area contributed by atoms with Gasteiger partial charge in [-0.1, -0.05) is 49.6 Å². The number of benzene rings is 1. The molecule has 2 aliphatic heterocycles. The molecule has 6 heteroatoms. The van der Waals surface area contributed by atoms with Gasteiger partial charge in [0.2, 0.25) is 5.91 Å². The normalized spacial score (nSPS) is 23.8. The second-order valence-corrected chi connectivity index (χ2v) is 7.24. The molecule has 0 radical (unpaired) electrons. The van der Waals surface area contributed by atoms with E-state index in [1.165, 1.54) is 0 Å². The summed E-state index contributed by atoms with van der Waals surface area (Å²) in [5.74, 6) is -0.483. The topological polar surface area (TPSA) is 69.7 Å². The van der Waals surface area contributed by atoms with Crippen molar-refractivity contribution in [3.05, 3.63) is 35.4 Å². The minimum atomic E-state index is -1.08. The molecule has 0 aromatic heterocycles. The molecular formula is C20H27N3O3. The second kappa shape index (κ2) is 7.48. The number of hydrogen-bond donors (Lipinski definition) is 1. The number of urea groups is 1. The number of carbonyl (C=O) groups excluding carboxylic acids is 3. The largest absolute Gasteiger partial charge is 0.341 e. The molecule has 4 amide bonds. The molecule has 0 aliphatic carbocycles. The lowest BCUT2D eigenvalue weighted by atomic mass is 9.87. The van der Waals surface area contributed by atoms with Gasteiger partial charge in [-0.15, -0.1) is 0 Å². The van der Waals surface area contributed by atoms with Gasteiger partial charge in [0.25, 0.3) is 5.91 Å². The fourth-order valence-electron chi connectivity index (χ4n) is 3.80. The third-order valence-electron chi connectivity index (χ3n) is 5.50. The van der Waals surface area contributed by atoms with Crippen LogP contribution in [0.15, 0.2) is 24.3 Å². The van der Waals surface area contributed by atoms with E-state index < -0.39 is 11.6 Å². The highest BCUT2D eigenvalue weighted by Gasteiger charge is 2.51. The number of likely N-dealkylation sites (tertiary alicyclic amines) is 1. The van der Waals surface area contributed by atoms with E-state index in [2.05, 4.69) is 5.32 Å². The molecule has 0 spiro atoms. The van der Waals surface area contributed by atoms with Crippen molar-refractivity contribution in [2.24, 2.45) is 0 Å². The maximum Gasteiger partial charge on any atom is 0.325 e. The average Bonchev–Trinajstić information content (AvgIpc) is 2.83. The molecular weight excluding hydrogens is 330 g/mol. The van der Waals surface area contributed by atoms with Gasteiger partial charge < -0.3 is 10.2 Å². The summed E-state index contributed by atoms with van der Waals surface area (Å²) >= 11 is 0. The number of carbonyl (C=O) groups is 3. The zero-order chi connectivity index (χ0) is 18.7. The molecule has 0 saturated carbocycles. The molecule has 1 aromatic carbocycles. The summed E-state index contributed by atoms with van der Waals surface area (Å²) in [6, 6.07) is 7.11. The van der Waals surface area contributed by atoms with Crippen LogP contribution in [-0.2, 0) is 15.1 Å². The summed E-state index contributed by atoms with van der Waals surface area (Å²) in [6.07, 6.45) is 4.65. The van der Waals surface area contributed by atoms with Crippen molar-refractivity contribution in [1.29, 1.82) is 0 Å². The maximum absolute atomic E-state index is 13.1. The predicted molar refractivity (Wildman–Crippen MR) is 98.4 cm³/mol. The minimum absolute atomic E-state index is 0.147. The molecule has 1 aromatic rings. The monoisotopic (exact) mass is 357 g/mol. The summed E-state index contributed by atoms with van der Waals surface area (Å²) in [5.41, 5.74) is 0.766. The summed E-state index contributed by atoms with van der Waals surface area (Å²) in [6.45, 7) is 5.08. The highest BCUT2D eigenvalue weighted by Crippen LogP contribution is 2.32. The van der Waals surface area contributed by atoms with Crippen molar-refractivity contribution in [3.8, 4) is 0 Å². The zero-order valence-electron chi connectivity index (χ0n) is 15.6. The van der Waals surface area contributed by atoms with E-state index in [0.717, 1.165) is 41.7 Å². The minimum Gasteiger partial charge on any atom is -0.341 e. The molecule has 0 unspecified atom stereocenters. The van der Waals surface area contributed by atoms with Crippen LogP contribution < -0.4 is 5.32 Å². The van der Waals surface area contributed by atoms with Gasteiger partial charge in [-0.3, -0.25) is 14.5 Å². The van der Waals surface area contributed by atoms with E-state index in [1.807, 2.05) is 38.1 Å². The SMILES string of the molecule is CC[C@@]1(c2ccc(C)cc2)NC(=O)N(CC(=O)N2CCCCCC2)C1=O. The van der Waals surface area contributed by atoms with Crippen LogP contribution in [-0.4, -0.2) is 47.3 Å². The lowest BCUT2D eigenvalue weighted by Crippen LogP contribution is -2.45. The number of amides is 4. The lowest BCUT2D eigenvalue weighted by molar-refractivity contribution is -0.139. The Morgan fingerprint density at radius 1 is 1.08 bits per heavy atom. The molecule has 2 fully saturated rings. The van der Waals surface area contributed by atoms with E-state index in [0.29, 0.717) is 19.5 Å². The quantitative estimate of drug-likeness (QED) is 0.842. The molecule has 1 atom stereocenters. The Labute approximate surface area is 154 Å². The van der Waals surface area contributed by atoms with Crippen LogP contribution >= 0.6 is 0 Å². The fourth-order valence-corrected chi connectivity index (χ4v) is 3.80. The van der Waals surface area contributed by atoms with E-state index in [9.17, 15) is 14.4 Å². The third kappa shape index (κ3) is 3.32. The van der Waals surface area contributed by atoms with Gasteiger partial charge in [0, 0.05) is 13.1 Å². The number of aryl methyl sites for hydroxylation is 1. The van der Waals surface area contributed by atoms with Gasteiger partial charge in [-0.05, 0) is 31.7 Å². The number of rotatable bonds is 4. The first kappa shape index (κ1) is 18.4. The van der Waals surface area contributed by atoms with E-state index >= 15 is 0 Å². The van der Waals surface area contributed by atoms with Gasteiger partial charge in [0.05, 0.1) is 0 Å². The first-order valence-electron chi connectivity index (χ1n) is 9.47. The number of nitrogens with one attached hydrogen (secondary N) is 1. The Hall–Kier alpha value is -2.37. The summed E-state index contributed by atoms with van der Waals surface area (Å²) in [5, 5.41) is 2.84. The summed E-state index contributed by atoms with van der Waals surface area (Å²) in [4.78, 5) is 41.1. The standard InChI is InChI=1S/C20H27N3O3/c1-3-20(16-10-8-15(2)9-11-16)18(25)23(19(26)21-20)14-17(24)22-12-6-4-5-7-13-22/h8-11H,3-7,12-14H2,1-2H3,(H,21,26)/t20-/m0/s1. The molecule has 2 heterocycles. The molecule has 0 bridgehead atoms. The van der Waals surface area contributed by atoms with Crippen LogP contribution in [0, 0.1) is 6.92 Å². The van der Waals surface area contributed by atoms with Crippen molar-refractivity contribution in [2.75, 3.05) is 19.6 Å². The average molecular weight is 357 g/mol. The van der Waals surface area contributed by atoms with Crippen molar-refractivity contribution in [2.45, 2.75) is 51.5 Å². The molecule has 2 saturated heterocycles. The number of nitrogens with zero attached hydrogens (tertiary/aromatic N) is 2. The van der Waals surface area contributed by atoms with Crippen LogP contribution in [0.5, 0.6) is 0 Å². The Morgan fingerprint density at radius 3 is 2.27 bits per heavy atom. The van der Waals surface area contributed by atoms with E-state index in [4.69, 9.17) is 0 Å². The summed E-state index contributed by atoms with van der Waals surface area (Å²) in [7, 11) is 0. The Bertz CT molecular complexity index is 693. The van der Waals surface area contributed by atoms with Crippen LogP contribution in [0.4, 0.5) is 4.79 Å². The molecule has 2 aliphatic rings. The van der Waals surface area contributed by atoms with Crippen LogP contribution in [0.2, 0.25) is 0 Å². The molecule has 6 nitrogen and oxygen atoms in total. The van der Waals surface area contributed by atoms with Gasteiger partial charge in [0.1, 0.15) is 12.1 Å². The molecule has 1 N–H and O–H groups in total. The molecule has 3 rings (SSSR count). The Morgan fingerprint density at radius 2 is 1.69 bits per heavy atom. The van der Waals surface area contributed by atoms with Crippen molar-refractivity contribution >= 4 is 17.8 Å².